The van der Waals surface area contributed by atoms with Gasteiger partial charge in [-0.15, -0.1) is 0 Å². The van der Waals surface area contributed by atoms with E-state index in [9.17, 15) is 20.0 Å². The molecule has 1 heterocycles. The van der Waals surface area contributed by atoms with Crippen molar-refractivity contribution in [2.75, 3.05) is 13.2 Å². The lowest BCUT2D eigenvalue weighted by atomic mass is 9.83. The van der Waals surface area contributed by atoms with Gasteiger partial charge in [-0.2, -0.15) is 0 Å². The predicted octanol–water partition coefficient (Wildman–Crippen LogP) is 2.87. The highest BCUT2D eigenvalue weighted by Gasteiger charge is 2.39. The topological polar surface area (TPSA) is 105 Å². The molecule has 0 aliphatic heterocycles. The quantitative estimate of drug-likeness (QED) is 0.571. The summed E-state index contributed by atoms with van der Waals surface area (Å²) in [6, 6.07) is 5.63. The van der Waals surface area contributed by atoms with E-state index in [1.165, 1.54) is 19.8 Å². The summed E-state index contributed by atoms with van der Waals surface area (Å²) in [5.74, 6) is 0.207. The molecule has 7 nitrogen and oxygen atoms in total. The first-order chi connectivity index (χ1) is 11.4. The van der Waals surface area contributed by atoms with Crippen molar-refractivity contribution in [2.45, 2.75) is 26.2 Å². The van der Waals surface area contributed by atoms with Gasteiger partial charge >= 0.3 is 5.97 Å². The van der Waals surface area contributed by atoms with Crippen molar-refractivity contribution in [3.05, 3.63) is 40.1 Å². The Bertz CT molecular complexity index is 780. The zero-order valence-electron chi connectivity index (χ0n) is 13.4. The molecular weight excluding hydrogens is 312 g/mol. The largest absolute Gasteiger partial charge is 0.493 e. The minimum Gasteiger partial charge on any atom is -0.493 e. The van der Waals surface area contributed by atoms with Crippen molar-refractivity contribution in [3.8, 4) is 5.75 Å². The molecule has 7 heteroatoms. The van der Waals surface area contributed by atoms with Crippen LogP contribution in [0.15, 0.2) is 24.4 Å². The zero-order valence-corrected chi connectivity index (χ0v) is 13.4. The molecule has 1 aliphatic rings. The third-order valence-electron chi connectivity index (χ3n) is 4.50. The van der Waals surface area contributed by atoms with Crippen LogP contribution in [-0.2, 0) is 11.2 Å². The number of aromatic amines is 1. The number of hydrogen-bond donors (Lipinski definition) is 2. The summed E-state index contributed by atoms with van der Waals surface area (Å²) in [4.78, 5) is 24.9. The summed E-state index contributed by atoms with van der Waals surface area (Å²) < 4.78 is 5.77. The van der Waals surface area contributed by atoms with Crippen molar-refractivity contribution in [1.29, 1.82) is 0 Å². The van der Waals surface area contributed by atoms with Crippen molar-refractivity contribution >= 4 is 16.9 Å². The second kappa shape index (κ2) is 6.14. The molecule has 1 aliphatic carbocycles. The van der Waals surface area contributed by atoms with Gasteiger partial charge in [0, 0.05) is 22.0 Å². The Morgan fingerprint density at radius 3 is 2.88 bits per heavy atom. The third kappa shape index (κ3) is 3.50. The highest BCUT2D eigenvalue weighted by molar-refractivity contribution is 5.85. The van der Waals surface area contributed by atoms with Crippen LogP contribution in [0.2, 0.25) is 0 Å². The molecule has 1 aromatic heterocycles. The number of aliphatic carboxylic acids is 1. The summed E-state index contributed by atoms with van der Waals surface area (Å²) in [5, 5.41) is 21.1. The average molecular weight is 332 g/mol. The third-order valence-corrected chi connectivity index (χ3v) is 4.50. The first-order valence-electron chi connectivity index (χ1n) is 7.95. The van der Waals surface area contributed by atoms with Gasteiger partial charge in [-0.05, 0) is 55.9 Å². The maximum absolute atomic E-state index is 11.5. The van der Waals surface area contributed by atoms with Crippen LogP contribution < -0.4 is 4.74 Å². The Kier molecular flexibility index (Phi) is 4.17. The van der Waals surface area contributed by atoms with Crippen LogP contribution >= 0.6 is 0 Å². The second-order valence-electron chi connectivity index (χ2n) is 6.81. The average Bonchev–Trinajstić information content (AvgIpc) is 3.26. The van der Waals surface area contributed by atoms with Gasteiger partial charge in [0.25, 0.3) is 0 Å². The Morgan fingerprint density at radius 1 is 1.50 bits per heavy atom. The van der Waals surface area contributed by atoms with Crippen LogP contribution in [0.1, 0.15) is 25.3 Å². The van der Waals surface area contributed by atoms with E-state index < -0.39 is 22.9 Å². The van der Waals surface area contributed by atoms with E-state index in [1.807, 2.05) is 18.2 Å². The van der Waals surface area contributed by atoms with Crippen molar-refractivity contribution in [3.63, 3.8) is 0 Å². The number of aromatic nitrogens is 1. The minimum atomic E-state index is -1.45. The van der Waals surface area contributed by atoms with E-state index in [0.717, 1.165) is 22.2 Å². The van der Waals surface area contributed by atoms with E-state index in [1.54, 1.807) is 6.20 Å². The number of benzene rings is 1. The van der Waals surface area contributed by atoms with Crippen LogP contribution in [-0.4, -0.2) is 34.1 Å². The van der Waals surface area contributed by atoms with Gasteiger partial charge in [-0.3, -0.25) is 14.9 Å². The van der Waals surface area contributed by atoms with Gasteiger partial charge < -0.3 is 14.8 Å². The normalized spacial score (nSPS) is 16.7. The Hall–Kier alpha value is -2.57. The molecule has 1 atom stereocenters. The molecule has 0 radical (unpaired) electrons. The number of ether oxygens (including phenoxy) is 1. The maximum atomic E-state index is 11.5. The molecule has 0 spiro atoms. The van der Waals surface area contributed by atoms with Gasteiger partial charge in [0.05, 0.1) is 6.61 Å². The number of hydrogen-bond acceptors (Lipinski definition) is 4. The molecule has 128 valence electrons. The van der Waals surface area contributed by atoms with Gasteiger partial charge in [-0.1, -0.05) is 0 Å². The number of nitrogens with zero attached hydrogens (tertiary/aromatic N) is 1. The van der Waals surface area contributed by atoms with E-state index in [4.69, 9.17) is 4.74 Å². The number of carboxylic acid groups (broad SMARTS) is 1. The molecule has 0 saturated heterocycles. The smallest absolute Gasteiger partial charge is 0.316 e. The first-order valence-corrected chi connectivity index (χ1v) is 7.95. The molecule has 0 amide bonds. The van der Waals surface area contributed by atoms with Crippen LogP contribution in [0.4, 0.5) is 0 Å². The number of carboxylic acids is 1. The fraction of sp³-hybridized carbons (Fsp3) is 0.471. The maximum Gasteiger partial charge on any atom is 0.316 e. The Morgan fingerprint density at radius 2 is 2.25 bits per heavy atom. The Balaban J connectivity index is 1.85. The van der Waals surface area contributed by atoms with Crippen molar-refractivity contribution in [1.82, 2.24) is 4.98 Å². The summed E-state index contributed by atoms with van der Waals surface area (Å²) >= 11 is 0. The molecule has 2 N–H and O–H groups in total. The Labute approximate surface area is 138 Å². The van der Waals surface area contributed by atoms with Gasteiger partial charge in [0.1, 0.15) is 11.2 Å². The monoisotopic (exact) mass is 332 g/mol. The van der Waals surface area contributed by atoms with Gasteiger partial charge in [0.2, 0.25) is 6.54 Å². The molecule has 1 fully saturated rings. The lowest BCUT2D eigenvalue weighted by molar-refractivity contribution is -0.493. The lowest BCUT2D eigenvalue weighted by Gasteiger charge is -2.19. The minimum absolute atomic E-state index is 0.0788. The molecule has 1 unspecified atom stereocenters. The molecule has 24 heavy (non-hydrogen) atoms. The first kappa shape index (κ1) is 16.3. The number of fused-ring (bicyclic) bond motifs is 1. The highest BCUT2D eigenvalue weighted by Crippen LogP contribution is 2.32. The van der Waals surface area contributed by atoms with E-state index in [0.29, 0.717) is 12.5 Å². The van der Waals surface area contributed by atoms with E-state index in [2.05, 4.69) is 4.98 Å². The molecule has 1 saturated carbocycles. The highest BCUT2D eigenvalue weighted by atomic mass is 16.6. The van der Waals surface area contributed by atoms with Gasteiger partial charge in [-0.25, -0.2) is 0 Å². The fourth-order valence-corrected chi connectivity index (χ4v) is 2.80. The molecule has 0 bridgehead atoms. The number of nitrogens with one attached hydrogen (secondary N) is 1. The zero-order chi connectivity index (χ0) is 17.3. The molecule has 2 aromatic rings. The lowest BCUT2D eigenvalue weighted by Crippen LogP contribution is -2.37. The molecule has 3 rings (SSSR count). The number of nitro groups is 1. The predicted molar refractivity (Wildman–Crippen MR) is 87.8 cm³/mol. The number of H-pyrrole nitrogens is 1. The summed E-state index contributed by atoms with van der Waals surface area (Å²) in [6.45, 7) is 1.48. The van der Waals surface area contributed by atoms with E-state index in [-0.39, 0.29) is 6.42 Å². The van der Waals surface area contributed by atoms with Crippen LogP contribution in [0, 0.1) is 21.4 Å². The standard InChI is InChI=1S/C17H20N2O5/c1-17(16(20)21,10-19(22)23)7-12-8-18-15-5-4-13(6-14(12)15)24-9-11-2-3-11/h4-6,8,11,18H,2-3,7,9-10H2,1H3,(H,20,21). The van der Waals surface area contributed by atoms with Crippen LogP contribution in [0.25, 0.3) is 10.9 Å². The van der Waals surface area contributed by atoms with Crippen molar-refractivity contribution < 1.29 is 19.6 Å². The van der Waals surface area contributed by atoms with Crippen LogP contribution in [0.3, 0.4) is 0 Å². The molecular formula is C17H20N2O5. The molecule has 1 aromatic carbocycles. The van der Waals surface area contributed by atoms with Crippen molar-refractivity contribution in [2.24, 2.45) is 11.3 Å². The fourth-order valence-electron chi connectivity index (χ4n) is 2.80. The number of rotatable bonds is 8. The SMILES string of the molecule is CC(Cc1c[nH]c2ccc(OCC3CC3)cc12)(C[N+](=O)[O-])C(=O)O. The van der Waals surface area contributed by atoms with Crippen LogP contribution in [0.5, 0.6) is 5.75 Å². The second-order valence-corrected chi connectivity index (χ2v) is 6.81. The summed E-state index contributed by atoms with van der Waals surface area (Å²) in [5.41, 5.74) is 0.148. The van der Waals surface area contributed by atoms with Gasteiger partial charge in [0.15, 0.2) is 0 Å². The number of carbonyl (C=O) groups is 1. The summed E-state index contributed by atoms with van der Waals surface area (Å²) in [6.07, 6.45) is 4.21. The van der Waals surface area contributed by atoms with E-state index >= 15 is 0 Å². The summed E-state index contributed by atoms with van der Waals surface area (Å²) in [7, 11) is 0.